The van der Waals surface area contributed by atoms with Gasteiger partial charge in [0.05, 0.1) is 5.70 Å². The highest BCUT2D eigenvalue weighted by Crippen LogP contribution is 2.51. The smallest absolute Gasteiger partial charge is 0.239 e. The third kappa shape index (κ3) is 1.77. The zero-order chi connectivity index (χ0) is 14.1. The maximum Gasteiger partial charge on any atom is 0.239 e. The number of alkyl halides is 1. The number of aldehydes is 1. The van der Waals surface area contributed by atoms with Crippen molar-refractivity contribution in [1.29, 1.82) is 0 Å². The Morgan fingerprint density at radius 1 is 1.33 bits per heavy atom. The summed E-state index contributed by atoms with van der Waals surface area (Å²) in [5, 5.41) is -0.0828. The molecule has 1 aliphatic carbocycles. The zero-order valence-electron chi connectivity index (χ0n) is 10.6. The second-order valence-electron chi connectivity index (χ2n) is 4.08. The molecule has 0 heterocycles. The summed E-state index contributed by atoms with van der Waals surface area (Å²) in [6.45, 7) is 0. The minimum absolute atomic E-state index is 0.0828. The normalized spacial score (nSPS) is 26.7. The van der Waals surface area contributed by atoms with Crippen LogP contribution in [-0.4, -0.2) is 55.9 Å². The minimum atomic E-state index is -1.69. The summed E-state index contributed by atoms with van der Waals surface area (Å²) >= 11 is 12.3. The van der Waals surface area contributed by atoms with E-state index in [1.54, 1.807) is 19.0 Å². The van der Waals surface area contributed by atoms with Gasteiger partial charge < -0.3 is 19.2 Å². The van der Waals surface area contributed by atoms with E-state index < -0.39 is 16.4 Å². The van der Waals surface area contributed by atoms with Crippen molar-refractivity contribution >= 4 is 35.3 Å². The van der Waals surface area contributed by atoms with Crippen LogP contribution in [0.1, 0.15) is 6.42 Å². The van der Waals surface area contributed by atoms with E-state index in [1.165, 1.54) is 14.2 Å². The van der Waals surface area contributed by atoms with Crippen molar-refractivity contribution in [1.82, 2.24) is 4.90 Å². The molecule has 0 N–H and O–H groups in total. The van der Waals surface area contributed by atoms with E-state index in [0.29, 0.717) is 12.0 Å². The van der Waals surface area contributed by atoms with E-state index in [9.17, 15) is 9.59 Å². The maximum absolute atomic E-state index is 12.2. The first kappa shape index (κ1) is 15.4. The van der Waals surface area contributed by atoms with Crippen molar-refractivity contribution in [2.45, 2.75) is 17.1 Å². The van der Waals surface area contributed by atoms with Crippen LogP contribution in [0.25, 0.3) is 0 Å². The molecule has 18 heavy (non-hydrogen) atoms. The van der Waals surface area contributed by atoms with Crippen LogP contribution in [-0.2, 0) is 19.1 Å². The van der Waals surface area contributed by atoms with E-state index in [-0.39, 0.29) is 11.5 Å². The second-order valence-corrected chi connectivity index (χ2v) is 5.11. The number of rotatable bonds is 5. The topological polar surface area (TPSA) is 55.8 Å². The van der Waals surface area contributed by atoms with E-state index in [4.69, 9.17) is 32.7 Å². The highest BCUT2D eigenvalue weighted by Gasteiger charge is 2.66. The Hall–Kier alpha value is -0.620. The summed E-state index contributed by atoms with van der Waals surface area (Å²) in [6, 6.07) is 0. The molecule has 7 heteroatoms. The monoisotopic (exact) mass is 295 g/mol. The fraction of sp³-hybridized carbons (Fsp3) is 0.636. The minimum Gasteiger partial charge on any atom is -0.375 e. The average molecular weight is 296 g/mol. The Bertz CT molecular complexity index is 404. The van der Waals surface area contributed by atoms with E-state index >= 15 is 0 Å². The number of hydrogen-bond donors (Lipinski definition) is 0. The molecule has 0 bridgehead atoms. The van der Waals surface area contributed by atoms with Crippen LogP contribution in [0, 0.1) is 0 Å². The lowest BCUT2D eigenvalue weighted by Crippen LogP contribution is -2.56. The summed E-state index contributed by atoms with van der Waals surface area (Å²) in [4.78, 5) is 22.9. The largest absolute Gasteiger partial charge is 0.375 e. The molecule has 1 atom stereocenters. The molecule has 1 aliphatic rings. The highest BCUT2D eigenvalue weighted by atomic mass is 35.5. The standard InChI is InChI=1S/C11H15Cl2NO4/c1-14(2)8-7(12)9(16)10(13,5-6-15)11(8,17-3)18-4/h6H,5H2,1-4H3. The molecule has 1 rings (SSSR count). The molecule has 0 radical (unpaired) electrons. The number of likely N-dealkylation sites (N-methyl/N-ethyl adjacent to an activating group) is 1. The zero-order valence-corrected chi connectivity index (χ0v) is 12.1. The number of ketones is 1. The van der Waals surface area contributed by atoms with Crippen molar-refractivity contribution in [3.05, 3.63) is 10.7 Å². The molecular formula is C11H15Cl2NO4. The van der Waals surface area contributed by atoms with Crippen LogP contribution in [0.2, 0.25) is 0 Å². The van der Waals surface area contributed by atoms with Gasteiger partial charge in [-0.15, -0.1) is 11.6 Å². The van der Waals surface area contributed by atoms with Gasteiger partial charge in [0, 0.05) is 34.7 Å². The van der Waals surface area contributed by atoms with Crippen molar-refractivity contribution in [3.8, 4) is 0 Å². The first-order valence-corrected chi connectivity index (χ1v) is 5.93. The fourth-order valence-electron chi connectivity index (χ4n) is 2.20. The SMILES string of the molecule is COC1(OC)C(N(C)C)=C(Cl)C(=O)C1(Cl)CC=O. The van der Waals surface area contributed by atoms with Crippen molar-refractivity contribution in [2.24, 2.45) is 0 Å². The van der Waals surface area contributed by atoms with Crippen molar-refractivity contribution < 1.29 is 19.1 Å². The van der Waals surface area contributed by atoms with Gasteiger partial charge in [0.1, 0.15) is 11.3 Å². The fourth-order valence-corrected chi connectivity index (χ4v) is 3.10. The van der Waals surface area contributed by atoms with Crippen LogP contribution < -0.4 is 0 Å². The van der Waals surface area contributed by atoms with Gasteiger partial charge in [-0.3, -0.25) is 4.79 Å². The third-order valence-electron chi connectivity index (χ3n) is 2.99. The number of carbonyl (C=O) groups excluding carboxylic acids is 2. The number of allylic oxidation sites excluding steroid dienone is 1. The van der Waals surface area contributed by atoms with E-state index in [2.05, 4.69) is 0 Å². The Morgan fingerprint density at radius 3 is 2.17 bits per heavy atom. The number of methoxy groups -OCH3 is 2. The van der Waals surface area contributed by atoms with Gasteiger partial charge in [0.25, 0.3) is 0 Å². The average Bonchev–Trinajstić information content (AvgIpc) is 2.48. The quantitative estimate of drug-likeness (QED) is 0.432. The van der Waals surface area contributed by atoms with Crippen LogP contribution in [0.5, 0.6) is 0 Å². The predicted molar refractivity (Wildman–Crippen MR) is 67.6 cm³/mol. The molecule has 0 aromatic carbocycles. The number of carbonyl (C=O) groups is 2. The number of Topliss-reactive ketones (excluding diaryl/α,β-unsaturated/α-hetero) is 1. The van der Waals surface area contributed by atoms with Gasteiger partial charge in [-0.25, -0.2) is 0 Å². The predicted octanol–water partition coefficient (Wildman–Crippen LogP) is 1.14. The Labute approximate surface area is 116 Å². The van der Waals surface area contributed by atoms with Gasteiger partial charge in [-0.2, -0.15) is 0 Å². The van der Waals surface area contributed by atoms with Gasteiger partial charge in [-0.05, 0) is 0 Å². The number of halogens is 2. The van der Waals surface area contributed by atoms with Crippen LogP contribution >= 0.6 is 23.2 Å². The summed E-state index contributed by atoms with van der Waals surface area (Å²) in [5.74, 6) is -2.15. The molecule has 0 aromatic rings. The van der Waals surface area contributed by atoms with Gasteiger partial charge in [0.15, 0.2) is 4.87 Å². The Morgan fingerprint density at radius 2 is 1.83 bits per heavy atom. The summed E-state index contributed by atoms with van der Waals surface area (Å²) < 4.78 is 10.6. The number of nitrogens with zero attached hydrogens (tertiary/aromatic N) is 1. The molecule has 0 saturated carbocycles. The number of hydrogen-bond acceptors (Lipinski definition) is 5. The molecule has 0 aromatic heterocycles. The Kier molecular flexibility index (Phi) is 4.43. The molecule has 0 amide bonds. The van der Waals surface area contributed by atoms with Gasteiger partial charge in [-0.1, -0.05) is 11.6 Å². The van der Waals surface area contributed by atoms with E-state index in [0.717, 1.165) is 0 Å². The first-order valence-electron chi connectivity index (χ1n) is 5.17. The van der Waals surface area contributed by atoms with Crippen LogP contribution in [0.15, 0.2) is 10.7 Å². The lowest BCUT2D eigenvalue weighted by molar-refractivity contribution is -0.205. The lowest BCUT2D eigenvalue weighted by Gasteiger charge is -2.40. The van der Waals surface area contributed by atoms with Gasteiger partial charge in [0.2, 0.25) is 11.6 Å². The summed E-state index contributed by atoms with van der Waals surface area (Å²) in [6.07, 6.45) is 0.281. The van der Waals surface area contributed by atoms with Crippen LogP contribution in [0.3, 0.4) is 0 Å². The van der Waals surface area contributed by atoms with Crippen LogP contribution in [0.4, 0.5) is 0 Å². The van der Waals surface area contributed by atoms with Crippen molar-refractivity contribution in [2.75, 3.05) is 28.3 Å². The maximum atomic E-state index is 12.2. The molecule has 5 nitrogen and oxygen atoms in total. The van der Waals surface area contributed by atoms with Crippen molar-refractivity contribution in [3.63, 3.8) is 0 Å². The molecular weight excluding hydrogens is 281 g/mol. The third-order valence-corrected chi connectivity index (χ3v) is 3.91. The summed E-state index contributed by atoms with van der Waals surface area (Å²) in [7, 11) is 6.05. The lowest BCUT2D eigenvalue weighted by atomic mass is 9.94. The molecule has 0 fully saturated rings. The molecule has 102 valence electrons. The Balaban J connectivity index is 3.52. The highest BCUT2D eigenvalue weighted by molar-refractivity contribution is 6.53. The molecule has 1 unspecified atom stereocenters. The summed E-state index contributed by atoms with van der Waals surface area (Å²) in [5.41, 5.74) is 0.302. The second kappa shape index (κ2) is 5.17. The number of ether oxygens (including phenoxy) is 2. The molecule has 0 aliphatic heterocycles. The van der Waals surface area contributed by atoms with E-state index in [1.807, 2.05) is 0 Å². The van der Waals surface area contributed by atoms with Gasteiger partial charge >= 0.3 is 0 Å². The molecule has 0 spiro atoms. The first-order chi connectivity index (χ1) is 8.32. The molecule has 0 saturated heterocycles.